The molecule has 0 aromatic heterocycles. The van der Waals surface area contributed by atoms with E-state index >= 15 is 0 Å². The summed E-state index contributed by atoms with van der Waals surface area (Å²) in [4.78, 5) is 0. The highest BCUT2D eigenvalue weighted by atomic mass is 32.2. The van der Waals surface area contributed by atoms with Crippen LogP contribution in [0.2, 0.25) is 0 Å². The van der Waals surface area contributed by atoms with E-state index in [1.807, 2.05) is 0 Å². The Morgan fingerprint density at radius 2 is 1.89 bits per heavy atom. The molecule has 1 aromatic carbocycles. The molecule has 2 nitrogen and oxygen atoms in total. The molecule has 1 fully saturated rings. The fourth-order valence-electron chi connectivity index (χ4n) is 3.16. The standard InChI is InChI=1S/C16H25NOS/c1-4-17-15-6-5-7-16(15)19(18)11-14-9-12(2)8-13(3)10-14/h8-10,15-17H,4-7,11H2,1-3H3. The van der Waals surface area contributed by atoms with E-state index in [4.69, 9.17) is 0 Å². The maximum atomic E-state index is 12.6. The third-order valence-corrected chi connectivity index (χ3v) is 5.70. The van der Waals surface area contributed by atoms with Gasteiger partial charge in [0.1, 0.15) is 0 Å². The summed E-state index contributed by atoms with van der Waals surface area (Å²) < 4.78 is 12.6. The van der Waals surface area contributed by atoms with Crippen LogP contribution in [0.5, 0.6) is 0 Å². The number of benzene rings is 1. The molecule has 3 atom stereocenters. The predicted molar refractivity (Wildman–Crippen MR) is 82.9 cm³/mol. The van der Waals surface area contributed by atoms with E-state index in [1.54, 1.807) is 0 Å². The molecule has 0 aliphatic heterocycles. The van der Waals surface area contributed by atoms with Crippen LogP contribution in [0.3, 0.4) is 0 Å². The van der Waals surface area contributed by atoms with Gasteiger partial charge in [-0.05, 0) is 38.8 Å². The zero-order valence-corrected chi connectivity index (χ0v) is 13.1. The van der Waals surface area contributed by atoms with Crippen molar-refractivity contribution in [1.82, 2.24) is 5.32 Å². The molecule has 1 aromatic rings. The Morgan fingerprint density at radius 1 is 1.21 bits per heavy atom. The molecule has 106 valence electrons. The van der Waals surface area contributed by atoms with Gasteiger partial charge >= 0.3 is 0 Å². The molecule has 0 saturated heterocycles. The Bertz CT molecular complexity index is 438. The smallest absolute Gasteiger partial charge is 0.0504 e. The molecular formula is C16H25NOS. The third-order valence-electron chi connectivity index (χ3n) is 3.85. The molecule has 3 heteroatoms. The van der Waals surface area contributed by atoms with Crippen LogP contribution in [0.25, 0.3) is 0 Å². The minimum absolute atomic E-state index is 0.334. The van der Waals surface area contributed by atoms with Crippen molar-refractivity contribution in [1.29, 1.82) is 0 Å². The highest BCUT2D eigenvalue weighted by Crippen LogP contribution is 2.26. The second-order valence-electron chi connectivity index (χ2n) is 5.65. The minimum atomic E-state index is -0.757. The van der Waals surface area contributed by atoms with Gasteiger partial charge in [-0.15, -0.1) is 0 Å². The van der Waals surface area contributed by atoms with E-state index in [-0.39, 0.29) is 0 Å². The molecule has 0 bridgehead atoms. The van der Waals surface area contributed by atoms with Crippen LogP contribution in [0, 0.1) is 13.8 Å². The van der Waals surface area contributed by atoms with Crippen LogP contribution in [0.15, 0.2) is 18.2 Å². The van der Waals surface area contributed by atoms with Crippen LogP contribution in [-0.2, 0) is 16.6 Å². The predicted octanol–water partition coefficient (Wildman–Crippen LogP) is 3.08. The average molecular weight is 279 g/mol. The summed E-state index contributed by atoms with van der Waals surface area (Å²) in [6, 6.07) is 6.96. The van der Waals surface area contributed by atoms with E-state index in [1.165, 1.54) is 29.5 Å². The van der Waals surface area contributed by atoms with Crippen molar-refractivity contribution in [3.8, 4) is 0 Å². The van der Waals surface area contributed by atoms with Crippen LogP contribution < -0.4 is 5.32 Å². The summed E-state index contributed by atoms with van der Waals surface area (Å²) in [5.41, 5.74) is 3.75. The van der Waals surface area contributed by atoms with Crippen LogP contribution >= 0.6 is 0 Å². The molecule has 3 unspecified atom stereocenters. The van der Waals surface area contributed by atoms with Crippen LogP contribution in [0.4, 0.5) is 0 Å². The Balaban J connectivity index is 2.04. The van der Waals surface area contributed by atoms with Gasteiger partial charge in [-0.2, -0.15) is 0 Å². The zero-order chi connectivity index (χ0) is 13.8. The second-order valence-corrected chi connectivity index (χ2v) is 7.31. The van der Waals surface area contributed by atoms with Gasteiger partial charge in [0.15, 0.2) is 0 Å². The fourth-order valence-corrected chi connectivity index (χ4v) is 4.90. The van der Waals surface area contributed by atoms with E-state index < -0.39 is 10.8 Å². The summed E-state index contributed by atoms with van der Waals surface area (Å²) in [5.74, 6) is 0.703. The molecule has 0 spiro atoms. The Morgan fingerprint density at radius 3 is 2.53 bits per heavy atom. The lowest BCUT2D eigenvalue weighted by Crippen LogP contribution is -2.38. The first-order chi connectivity index (χ1) is 9.10. The van der Waals surface area contributed by atoms with Gasteiger partial charge in [0.05, 0.1) is 5.25 Å². The molecule has 0 amide bonds. The van der Waals surface area contributed by atoms with Gasteiger partial charge in [-0.1, -0.05) is 42.7 Å². The number of rotatable bonds is 5. The molecule has 2 rings (SSSR count). The largest absolute Gasteiger partial charge is 0.313 e. The Hall–Kier alpha value is -0.670. The first-order valence-electron chi connectivity index (χ1n) is 7.28. The quantitative estimate of drug-likeness (QED) is 0.897. The number of hydrogen-bond donors (Lipinski definition) is 1. The first kappa shape index (κ1) is 14.7. The van der Waals surface area contributed by atoms with Gasteiger partial charge < -0.3 is 5.32 Å². The van der Waals surface area contributed by atoms with Gasteiger partial charge in [0.25, 0.3) is 0 Å². The number of aryl methyl sites for hydroxylation is 2. The summed E-state index contributed by atoms with van der Waals surface area (Å²) in [6.45, 7) is 7.32. The summed E-state index contributed by atoms with van der Waals surface area (Å²) in [7, 11) is -0.757. The molecule has 1 aliphatic carbocycles. The zero-order valence-electron chi connectivity index (χ0n) is 12.2. The van der Waals surface area contributed by atoms with Crippen molar-refractivity contribution in [2.75, 3.05) is 6.54 Å². The first-order valence-corrected chi connectivity index (χ1v) is 8.66. The van der Waals surface area contributed by atoms with E-state index in [9.17, 15) is 4.21 Å². The number of nitrogens with one attached hydrogen (secondary N) is 1. The lowest BCUT2D eigenvalue weighted by atomic mass is 10.1. The molecular weight excluding hydrogens is 254 g/mol. The third kappa shape index (κ3) is 3.90. The van der Waals surface area contributed by atoms with Gasteiger partial charge in [0.2, 0.25) is 0 Å². The maximum Gasteiger partial charge on any atom is 0.0504 e. The van der Waals surface area contributed by atoms with E-state index in [0.29, 0.717) is 17.0 Å². The lowest BCUT2D eigenvalue weighted by molar-refractivity contribution is 0.540. The highest BCUT2D eigenvalue weighted by molar-refractivity contribution is 7.84. The summed E-state index contributed by atoms with van der Waals surface area (Å²) in [6.07, 6.45) is 3.49. The maximum absolute atomic E-state index is 12.6. The fraction of sp³-hybridized carbons (Fsp3) is 0.625. The van der Waals surface area contributed by atoms with Crippen molar-refractivity contribution in [2.45, 2.75) is 57.1 Å². The summed E-state index contributed by atoms with van der Waals surface area (Å²) in [5, 5.41) is 3.82. The average Bonchev–Trinajstić information content (AvgIpc) is 2.76. The topological polar surface area (TPSA) is 29.1 Å². The molecule has 19 heavy (non-hydrogen) atoms. The van der Waals surface area contributed by atoms with Crippen molar-refractivity contribution in [3.05, 3.63) is 34.9 Å². The Labute approximate surface area is 119 Å². The van der Waals surface area contributed by atoms with Crippen molar-refractivity contribution >= 4 is 10.8 Å². The minimum Gasteiger partial charge on any atom is -0.313 e. The SMILES string of the molecule is CCNC1CCCC1S(=O)Cc1cc(C)cc(C)c1. The van der Waals surface area contributed by atoms with Gasteiger partial charge in [-0.3, -0.25) is 4.21 Å². The normalized spacial score (nSPS) is 24.6. The van der Waals surface area contributed by atoms with Gasteiger partial charge in [0, 0.05) is 22.6 Å². The second kappa shape index (κ2) is 6.67. The molecule has 1 N–H and O–H groups in total. The highest BCUT2D eigenvalue weighted by Gasteiger charge is 2.31. The van der Waals surface area contributed by atoms with Crippen molar-refractivity contribution in [3.63, 3.8) is 0 Å². The van der Waals surface area contributed by atoms with E-state index in [2.05, 4.69) is 44.3 Å². The Kier molecular flexibility index (Phi) is 5.17. The molecule has 0 radical (unpaired) electrons. The monoisotopic (exact) mass is 279 g/mol. The van der Waals surface area contributed by atoms with Crippen LogP contribution in [-0.4, -0.2) is 22.0 Å². The number of hydrogen-bond acceptors (Lipinski definition) is 2. The summed E-state index contributed by atoms with van der Waals surface area (Å²) >= 11 is 0. The lowest BCUT2D eigenvalue weighted by Gasteiger charge is -2.20. The van der Waals surface area contributed by atoms with Crippen LogP contribution in [0.1, 0.15) is 42.9 Å². The molecule has 1 aliphatic rings. The van der Waals surface area contributed by atoms with Crippen molar-refractivity contribution in [2.24, 2.45) is 0 Å². The molecule has 1 saturated carbocycles. The van der Waals surface area contributed by atoms with Crippen molar-refractivity contribution < 1.29 is 4.21 Å². The van der Waals surface area contributed by atoms with E-state index in [0.717, 1.165) is 13.0 Å². The van der Waals surface area contributed by atoms with Gasteiger partial charge in [-0.25, -0.2) is 0 Å². The molecule has 0 heterocycles.